The van der Waals surface area contributed by atoms with Crippen molar-refractivity contribution in [1.29, 1.82) is 0 Å². The highest BCUT2D eigenvalue weighted by Gasteiger charge is 2.46. The van der Waals surface area contributed by atoms with E-state index in [1.165, 1.54) is 17.0 Å². The van der Waals surface area contributed by atoms with Gasteiger partial charge in [-0.05, 0) is 62.1 Å². The number of rotatable bonds is 7. The molecule has 2 unspecified atom stereocenters. The number of likely N-dealkylation sites (tertiary alicyclic amines) is 1. The molecule has 4 rings (SSSR count). The fourth-order valence-corrected chi connectivity index (χ4v) is 5.42. The van der Waals surface area contributed by atoms with Crippen molar-refractivity contribution in [2.75, 3.05) is 16.6 Å². The Morgan fingerprint density at radius 2 is 1.68 bits per heavy atom. The molecule has 1 aliphatic carbocycles. The first-order valence-corrected chi connectivity index (χ1v) is 12.6. The Bertz CT molecular complexity index is 1260. The summed E-state index contributed by atoms with van der Waals surface area (Å²) in [4.78, 5) is 38.9. The molecule has 2 N–H and O–H groups in total. The average molecular weight is 482 g/mol. The fraction of sp³-hybridized carbons (Fsp3) is 0.320. The number of fused-ring (bicyclic) bond motifs is 1. The van der Waals surface area contributed by atoms with Crippen LogP contribution in [-0.4, -0.2) is 37.6 Å². The summed E-state index contributed by atoms with van der Waals surface area (Å²) in [5.74, 6) is -1.51. The molecule has 1 fully saturated rings. The number of carbonyl (C=O) groups excluding carboxylic acids is 3. The number of hydrogen-bond acceptors (Lipinski definition) is 5. The highest BCUT2D eigenvalue weighted by Crippen LogP contribution is 2.35. The molecule has 0 aromatic heterocycles. The number of hydrogen-bond donors (Lipinski definition) is 2. The maximum atomic E-state index is 12.8. The molecular formula is C25H27N3O5S. The zero-order chi connectivity index (χ0) is 24.5. The van der Waals surface area contributed by atoms with Crippen molar-refractivity contribution in [1.82, 2.24) is 4.90 Å². The zero-order valence-corrected chi connectivity index (χ0v) is 19.9. The van der Waals surface area contributed by atoms with E-state index in [1.807, 2.05) is 25.1 Å². The second-order valence-corrected chi connectivity index (χ2v) is 10.4. The molecule has 0 spiro atoms. The van der Waals surface area contributed by atoms with Crippen molar-refractivity contribution in [3.05, 3.63) is 65.7 Å². The topological polar surface area (TPSA) is 113 Å². The number of sulfonamides is 1. The van der Waals surface area contributed by atoms with Crippen LogP contribution in [0.4, 0.5) is 11.4 Å². The second kappa shape index (κ2) is 9.42. The number of carbonyl (C=O) groups is 3. The van der Waals surface area contributed by atoms with E-state index >= 15 is 0 Å². The maximum Gasteiger partial charge on any atom is 0.261 e. The number of nitrogens with one attached hydrogen (secondary N) is 2. The molecular weight excluding hydrogens is 454 g/mol. The van der Waals surface area contributed by atoms with Crippen LogP contribution < -0.4 is 10.0 Å². The lowest BCUT2D eigenvalue weighted by Crippen LogP contribution is -2.34. The number of imide groups is 1. The van der Waals surface area contributed by atoms with Crippen LogP contribution in [0, 0.1) is 25.7 Å². The van der Waals surface area contributed by atoms with E-state index in [1.54, 1.807) is 31.2 Å². The summed E-state index contributed by atoms with van der Waals surface area (Å²) < 4.78 is 28.2. The summed E-state index contributed by atoms with van der Waals surface area (Å²) in [5.41, 5.74) is 2.41. The minimum absolute atomic E-state index is 0.00243. The van der Waals surface area contributed by atoms with Gasteiger partial charge < -0.3 is 5.32 Å². The third-order valence-corrected chi connectivity index (χ3v) is 7.60. The van der Waals surface area contributed by atoms with Gasteiger partial charge in [-0.3, -0.25) is 24.0 Å². The van der Waals surface area contributed by atoms with E-state index in [2.05, 4.69) is 10.0 Å². The number of nitrogens with zero attached hydrogens (tertiary/aromatic N) is 1. The van der Waals surface area contributed by atoms with Gasteiger partial charge in [0.05, 0.1) is 16.7 Å². The van der Waals surface area contributed by atoms with Crippen LogP contribution in [-0.2, 0) is 24.4 Å². The molecule has 2 atom stereocenters. The van der Waals surface area contributed by atoms with E-state index in [0.717, 1.165) is 5.56 Å². The van der Waals surface area contributed by atoms with Gasteiger partial charge >= 0.3 is 0 Å². The Morgan fingerprint density at radius 1 is 1.00 bits per heavy atom. The molecule has 2 aliphatic rings. The first-order chi connectivity index (χ1) is 16.2. The molecule has 0 radical (unpaired) electrons. The standard InChI is InChI=1S/C25H27N3O5S/c1-16-6-5-7-18(14-16)27-34(32,33)19-11-10-17(2)22(15-19)26-23(29)12-13-28-24(30)20-8-3-4-9-21(20)25(28)31/h3-7,10-11,14-15,20-21,27H,8-9,12-13H2,1-2H3,(H,26,29). The van der Waals surface area contributed by atoms with Crippen LogP contribution in [0.15, 0.2) is 59.5 Å². The van der Waals surface area contributed by atoms with Crippen LogP contribution in [0.5, 0.6) is 0 Å². The number of allylic oxidation sites excluding steroid dienone is 2. The van der Waals surface area contributed by atoms with Gasteiger partial charge in [-0.2, -0.15) is 0 Å². The Morgan fingerprint density at radius 3 is 2.32 bits per heavy atom. The van der Waals surface area contributed by atoms with Gasteiger partial charge in [0.1, 0.15) is 0 Å². The van der Waals surface area contributed by atoms with Crippen molar-refractivity contribution in [3.8, 4) is 0 Å². The van der Waals surface area contributed by atoms with Crippen LogP contribution in [0.1, 0.15) is 30.4 Å². The van der Waals surface area contributed by atoms with Gasteiger partial charge in [-0.15, -0.1) is 0 Å². The van der Waals surface area contributed by atoms with E-state index < -0.39 is 15.9 Å². The zero-order valence-electron chi connectivity index (χ0n) is 19.1. The summed E-state index contributed by atoms with van der Waals surface area (Å²) in [6, 6.07) is 11.5. The Kier molecular flexibility index (Phi) is 6.56. The lowest BCUT2D eigenvalue weighted by Gasteiger charge is -2.15. The Hall–Kier alpha value is -3.46. The molecule has 1 saturated heterocycles. The monoisotopic (exact) mass is 481 g/mol. The van der Waals surface area contributed by atoms with E-state index in [9.17, 15) is 22.8 Å². The lowest BCUT2D eigenvalue weighted by molar-refractivity contribution is -0.140. The van der Waals surface area contributed by atoms with Crippen molar-refractivity contribution in [2.45, 2.75) is 38.0 Å². The van der Waals surface area contributed by atoms with Crippen molar-refractivity contribution in [3.63, 3.8) is 0 Å². The highest BCUT2D eigenvalue weighted by molar-refractivity contribution is 7.92. The van der Waals surface area contributed by atoms with Gasteiger partial charge in [0, 0.05) is 24.3 Å². The summed E-state index contributed by atoms with van der Waals surface area (Å²) in [6.07, 6.45) is 4.87. The summed E-state index contributed by atoms with van der Waals surface area (Å²) >= 11 is 0. The molecule has 34 heavy (non-hydrogen) atoms. The molecule has 178 valence electrons. The number of benzene rings is 2. The summed E-state index contributed by atoms with van der Waals surface area (Å²) in [7, 11) is -3.86. The Balaban J connectivity index is 1.42. The third-order valence-electron chi connectivity index (χ3n) is 6.23. The number of anilines is 2. The van der Waals surface area contributed by atoms with Crippen LogP contribution >= 0.6 is 0 Å². The SMILES string of the molecule is Cc1cccc(NS(=O)(=O)c2ccc(C)c(NC(=O)CCN3C(=O)C4CC=CCC4C3=O)c2)c1. The smallest absolute Gasteiger partial charge is 0.261 e. The highest BCUT2D eigenvalue weighted by atomic mass is 32.2. The fourth-order valence-electron chi connectivity index (χ4n) is 4.34. The van der Waals surface area contributed by atoms with Crippen LogP contribution in [0.3, 0.4) is 0 Å². The first kappa shape index (κ1) is 23.7. The lowest BCUT2D eigenvalue weighted by atomic mass is 9.85. The van der Waals surface area contributed by atoms with Crippen molar-refractivity contribution in [2.24, 2.45) is 11.8 Å². The quantitative estimate of drug-likeness (QED) is 0.465. The van der Waals surface area contributed by atoms with E-state index in [-0.39, 0.29) is 41.5 Å². The normalized spacial score (nSPS) is 19.8. The minimum atomic E-state index is -3.86. The first-order valence-electron chi connectivity index (χ1n) is 11.2. The van der Waals surface area contributed by atoms with Crippen molar-refractivity contribution < 1.29 is 22.8 Å². The molecule has 0 bridgehead atoms. The van der Waals surface area contributed by atoms with E-state index in [4.69, 9.17) is 0 Å². The predicted molar refractivity (Wildman–Crippen MR) is 128 cm³/mol. The van der Waals surface area contributed by atoms with Gasteiger partial charge in [0.15, 0.2) is 0 Å². The molecule has 0 saturated carbocycles. The molecule has 9 heteroatoms. The number of aryl methyl sites for hydroxylation is 2. The summed E-state index contributed by atoms with van der Waals surface area (Å²) in [5, 5.41) is 2.72. The largest absolute Gasteiger partial charge is 0.326 e. The summed E-state index contributed by atoms with van der Waals surface area (Å²) in [6.45, 7) is 3.62. The predicted octanol–water partition coefficient (Wildman–Crippen LogP) is 3.38. The van der Waals surface area contributed by atoms with Gasteiger partial charge in [-0.25, -0.2) is 8.42 Å². The third kappa shape index (κ3) is 4.89. The van der Waals surface area contributed by atoms with Crippen molar-refractivity contribution >= 4 is 39.1 Å². The molecule has 1 heterocycles. The molecule has 2 aromatic rings. The van der Waals surface area contributed by atoms with Gasteiger partial charge in [-0.1, -0.05) is 30.4 Å². The van der Waals surface area contributed by atoms with Crippen LogP contribution in [0.25, 0.3) is 0 Å². The molecule has 2 aromatic carbocycles. The van der Waals surface area contributed by atoms with Crippen LogP contribution in [0.2, 0.25) is 0 Å². The molecule has 3 amide bonds. The average Bonchev–Trinajstić information content (AvgIpc) is 3.03. The number of amides is 3. The second-order valence-electron chi connectivity index (χ2n) is 8.73. The van der Waals surface area contributed by atoms with Gasteiger partial charge in [0.2, 0.25) is 17.7 Å². The van der Waals surface area contributed by atoms with Gasteiger partial charge in [0.25, 0.3) is 10.0 Å². The maximum absolute atomic E-state index is 12.8. The van der Waals surface area contributed by atoms with E-state index in [0.29, 0.717) is 29.8 Å². The minimum Gasteiger partial charge on any atom is -0.326 e. The molecule has 1 aliphatic heterocycles. The molecule has 8 nitrogen and oxygen atoms in total. The Labute approximate surface area is 199 Å².